The van der Waals surface area contributed by atoms with Crippen molar-refractivity contribution in [3.8, 4) is 11.3 Å². The van der Waals surface area contributed by atoms with Crippen LogP contribution >= 0.6 is 23.2 Å². The van der Waals surface area contributed by atoms with Crippen molar-refractivity contribution in [3.63, 3.8) is 0 Å². The molecule has 0 unspecified atom stereocenters. The molecule has 0 aliphatic heterocycles. The van der Waals surface area contributed by atoms with E-state index >= 15 is 0 Å². The number of H-pyrrole nitrogens is 1. The van der Waals surface area contributed by atoms with Crippen molar-refractivity contribution in [3.05, 3.63) is 57.6 Å². The predicted molar refractivity (Wildman–Crippen MR) is 114 cm³/mol. The van der Waals surface area contributed by atoms with Gasteiger partial charge in [0.25, 0.3) is 0 Å². The van der Waals surface area contributed by atoms with E-state index < -0.39 is 0 Å². The summed E-state index contributed by atoms with van der Waals surface area (Å²) in [7, 11) is 0. The van der Waals surface area contributed by atoms with Crippen molar-refractivity contribution < 1.29 is 0 Å². The first kappa shape index (κ1) is 19.3. The van der Waals surface area contributed by atoms with Crippen LogP contribution in [-0.4, -0.2) is 11.5 Å². The van der Waals surface area contributed by atoms with E-state index in [9.17, 15) is 0 Å². The smallest absolute Gasteiger partial charge is 0.0527 e. The topological polar surface area (TPSA) is 41.8 Å². The summed E-state index contributed by atoms with van der Waals surface area (Å²) in [5.41, 5.74) is 11.5. The Morgan fingerprint density at radius 3 is 2.42 bits per heavy atom. The summed E-state index contributed by atoms with van der Waals surface area (Å²) in [5.74, 6) is 0. The fraction of sp³-hybridized carbons (Fsp3) is 0.364. The number of nitrogens with two attached hydrogens (primary N) is 1. The Kier molecular flexibility index (Phi) is 6.63. The number of benzene rings is 2. The molecule has 0 aliphatic rings. The minimum atomic E-state index is 0.676. The first-order chi connectivity index (χ1) is 12.7. The lowest BCUT2D eigenvalue weighted by atomic mass is 9.98. The van der Waals surface area contributed by atoms with E-state index in [1.54, 1.807) is 0 Å². The standard InChI is InChI=1S/C22H26Cl2N2/c1-2-3-7-15-11-12-20-17(14-15)16(8-4-5-13-25)22(26-20)21-18(23)9-6-10-19(21)24/h6,9-12,14,26H,2-5,7-8,13,25H2,1H3. The Balaban J connectivity index is 2.13. The summed E-state index contributed by atoms with van der Waals surface area (Å²) in [6.07, 6.45) is 6.56. The van der Waals surface area contributed by atoms with Gasteiger partial charge in [0, 0.05) is 16.5 Å². The third-order valence-electron chi connectivity index (χ3n) is 4.88. The molecule has 1 aromatic heterocycles. The Bertz CT molecular complexity index is 863. The summed E-state index contributed by atoms with van der Waals surface area (Å²) in [5, 5.41) is 2.63. The van der Waals surface area contributed by atoms with E-state index in [0.29, 0.717) is 16.6 Å². The van der Waals surface area contributed by atoms with Crippen LogP contribution in [0.2, 0.25) is 10.0 Å². The van der Waals surface area contributed by atoms with Gasteiger partial charge in [-0.15, -0.1) is 0 Å². The normalized spacial score (nSPS) is 11.4. The van der Waals surface area contributed by atoms with E-state index in [1.807, 2.05) is 18.2 Å². The van der Waals surface area contributed by atoms with Gasteiger partial charge in [-0.05, 0) is 74.0 Å². The van der Waals surface area contributed by atoms with Gasteiger partial charge in [-0.2, -0.15) is 0 Å². The minimum Gasteiger partial charge on any atom is -0.354 e. The first-order valence-corrected chi connectivity index (χ1v) is 10.2. The second kappa shape index (κ2) is 8.94. The molecule has 0 aliphatic carbocycles. The highest BCUT2D eigenvalue weighted by Gasteiger charge is 2.18. The van der Waals surface area contributed by atoms with Gasteiger partial charge in [-0.25, -0.2) is 0 Å². The molecule has 0 atom stereocenters. The van der Waals surface area contributed by atoms with Gasteiger partial charge in [-0.3, -0.25) is 0 Å². The fourth-order valence-electron chi connectivity index (χ4n) is 3.49. The number of aromatic amines is 1. The molecule has 3 aromatic rings. The van der Waals surface area contributed by atoms with E-state index in [0.717, 1.165) is 42.5 Å². The lowest BCUT2D eigenvalue weighted by molar-refractivity contribution is 0.748. The van der Waals surface area contributed by atoms with E-state index in [-0.39, 0.29) is 0 Å². The molecular formula is C22H26Cl2N2. The zero-order valence-corrected chi connectivity index (χ0v) is 16.8. The number of hydrogen-bond donors (Lipinski definition) is 2. The molecule has 0 fully saturated rings. The van der Waals surface area contributed by atoms with Crippen molar-refractivity contribution in [1.29, 1.82) is 0 Å². The van der Waals surface area contributed by atoms with Crippen molar-refractivity contribution in [2.75, 3.05) is 6.54 Å². The van der Waals surface area contributed by atoms with Crippen LogP contribution < -0.4 is 5.73 Å². The average Bonchev–Trinajstić information content (AvgIpc) is 2.98. The van der Waals surface area contributed by atoms with Gasteiger partial charge in [0.05, 0.1) is 15.7 Å². The van der Waals surface area contributed by atoms with Gasteiger partial charge in [-0.1, -0.05) is 48.7 Å². The highest BCUT2D eigenvalue weighted by Crippen LogP contribution is 2.39. The van der Waals surface area contributed by atoms with Gasteiger partial charge >= 0.3 is 0 Å². The lowest BCUT2D eigenvalue weighted by Gasteiger charge is -2.09. The highest BCUT2D eigenvalue weighted by atomic mass is 35.5. The van der Waals surface area contributed by atoms with Crippen LogP contribution in [0.3, 0.4) is 0 Å². The number of nitrogens with one attached hydrogen (secondary N) is 1. The van der Waals surface area contributed by atoms with Crippen molar-refractivity contribution in [2.45, 2.75) is 45.4 Å². The fourth-order valence-corrected chi connectivity index (χ4v) is 4.07. The summed E-state index contributed by atoms with van der Waals surface area (Å²) >= 11 is 13.0. The van der Waals surface area contributed by atoms with Crippen LogP contribution in [0.25, 0.3) is 22.2 Å². The molecule has 0 amide bonds. The second-order valence-corrected chi connectivity index (χ2v) is 7.62. The monoisotopic (exact) mass is 388 g/mol. The molecule has 1 heterocycles. The maximum Gasteiger partial charge on any atom is 0.0527 e. The first-order valence-electron chi connectivity index (χ1n) is 9.43. The van der Waals surface area contributed by atoms with Crippen LogP contribution in [-0.2, 0) is 12.8 Å². The number of halogens is 2. The molecule has 0 bridgehead atoms. The molecule has 138 valence electrons. The maximum atomic E-state index is 6.50. The Hall–Kier alpha value is -1.48. The third-order valence-corrected chi connectivity index (χ3v) is 5.51. The molecule has 26 heavy (non-hydrogen) atoms. The summed E-state index contributed by atoms with van der Waals surface area (Å²) in [6, 6.07) is 12.4. The predicted octanol–water partition coefficient (Wildman–Crippen LogP) is 6.77. The van der Waals surface area contributed by atoms with Crippen LogP contribution in [0.1, 0.15) is 43.7 Å². The summed E-state index contributed by atoms with van der Waals surface area (Å²) < 4.78 is 0. The van der Waals surface area contributed by atoms with Crippen molar-refractivity contribution >= 4 is 34.1 Å². The Morgan fingerprint density at radius 2 is 1.73 bits per heavy atom. The zero-order chi connectivity index (χ0) is 18.5. The van der Waals surface area contributed by atoms with Gasteiger partial charge in [0.1, 0.15) is 0 Å². The molecule has 3 N–H and O–H groups in total. The number of aryl methyl sites for hydroxylation is 2. The molecule has 2 aromatic carbocycles. The van der Waals surface area contributed by atoms with Crippen LogP contribution in [0.5, 0.6) is 0 Å². The Morgan fingerprint density at radius 1 is 0.962 bits per heavy atom. The van der Waals surface area contributed by atoms with E-state index in [2.05, 4.69) is 30.1 Å². The SMILES string of the molecule is CCCCc1ccc2[nH]c(-c3c(Cl)cccc3Cl)c(CCCCN)c2c1. The lowest BCUT2D eigenvalue weighted by Crippen LogP contribution is -1.99. The van der Waals surface area contributed by atoms with Gasteiger partial charge in [0.15, 0.2) is 0 Å². The molecule has 0 radical (unpaired) electrons. The van der Waals surface area contributed by atoms with Crippen LogP contribution in [0.4, 0.5) is 0 Å². The second-order valence-electron chi connectivity index (χ2n) is 6.80. The quantitative estimate of drug-likeness (QED) is 0.410. The maximum absolute atomic E-state index is 6.50. The number of fused-ring (bicyclic) bond motifs is 1. The molecular weight excluding hydrogens is 363 g/mol. The zero-order valence-electron chi connectivity index (χ0n) is 15.2. The molecule has 0 spiro atoms. The third kappa shape index (κ3) is 4.09. The molecule has 4 heteroatoms. The number of unbranched alkanes of at least 4 members (excludes halogenated alkanes) is 2. The molecule has 0 saturated heterocycles. The van der Waals surface area contributed by atoms with E-state index in [4.69, 9.17) is 28.9 Å². The number of rotatable bonds is 8. The average molecular weight is 389 g/mol. The van der Waals surface area contributed by atoms with Crippen molar-refractivity contribution in [1.82, 2.24) is 4.98 Å². The Labute approximate surface area is 165 Å². The number of hydrogen-bond acceptors (Lipinski definition) is 1. The van der Waals surface area contributed by atoms with Crippen molar-refractivity contribution in [2.24, 2.45) is 5.73 Å². The molecule has 0 saturated carbocycles. The molecule has 3 rings (SSSR count). The molecule has 2 nitrogen and oxygen atoms in total. The summed E-state index contributed by atoms with van der Waals surface area (Å²) in [6.45, 7) is 2.94. The van der Waals surface area contributed by atoms with E-state index in [1.165, 1.54) is 29.4 Å². The number of aromatic nitrogens is 1. The van der Waals surface area contributed by atoms with Crippen LogP contribution in [0, 0.1) is 0 Å². The van der Waals surface area contributed by atoms with Gasteiger partial charge < -0.3 is 10.7 Å². The highest BCUT2D eigenvalue weighted by molar-refractivity contribution is 6.39. The largest absolute Gasteiger partial charge is 0.354 e. The minimum absolute atomic E-state index is 0.676. The van der Waals surface area contributed by atoms with Crippen LogP contribution in [0.15, 0.2) is 36.4 Å². The van der Waals surface area contributed by atoms with Gasteiger partial charge in [0.2, 0.25) is 0 Å². The summed E-state index contributed by atoms with van der Waals surface area (Å²) in [4.78, 5) is 3.57.